The van der Waals surface area contributed by atoms with E-state index in [9.17, 15) is 18.3 Å². The third kappa shape index (κ3) is 5.57. The average Bonchev–Trinajstić information content (AvgIpc) is 3.11. The first kappa shape index (κ1) is 29.4. The summed E-state index contributed by atoms with van der Waals surface area (Å²) >= 11 is 6.40. The Morgan fingerprint density at radius 2 is 1.79 bits per heavy atom. The topological polar surface area (TPSA) is 95.9 Å². The highest BCUT2D eigenvalue weighted by atomic mass is 35.5. The molecule has 3 aliphatic carbocycles. The fourth-order valence-electron chi connectivity index (χ4n) is 8.85. The number of hydrogen-bond acceptors (Lipinski definition) is 6. The number of hydrogen-bond donors (Lipinski definition) is 2. The number of sulfonamides is 1. The maximum Gasteiger partial charge on any atom is 0.264 e. The summed E-state index contributed by atoms with van der Waals surface area (Å²) in [6.07, 6.45) is 10.3. The van der Waals surface area contributed by atoms with Gasteiger partial charge in [-0.15, -0.1) is 0 Å². The zero-order valence-electron chi connectivity index (χ0n) is 24.8. The van der Waals surface area contributed by atoms with Crippen LogP contribution in [0.2, 0.25) is 5.02 Å². The maximum absolute atomic E-state index is 13.6. The van der Waals surface area contributed by atoms with E-state index in [-0.39, 0.29) is 23.4 Å². The number of fused-ring (bicyclic) bond motifs is 5. The summed E-state index contributed by atoms with van der Waals surface area (Å²) in [6, 6.07) is 11.5. The summed E-state index contributed by atoms with van der Waals surface area (Å²) < 4.78 is 36.2. The van der Waals surface area contributed by atoms with Crippen molar-refractivity contribution in [1.29, 1.82) is 0 Å². The highest BCUT2D eigenvalue weighted by Gasteiger charge is 2.45. The van der Waals surface area contributed by atoms with Gasteiger partial charge in [0.05, 0.1) is 23.6 Å². The normalized spacial score (nSPS) is 34.0. The first-order valence-corrected chi connectivity index (χ1v) is 18.2. The molecular weight excluding hydrogens is 584 g/mol. The van der Waals surface area contributed by atoms with Crippen LogP contribution in [0.3, 0.4) is 0 Å². The Balaban J connectivity index is 1.28. The summed E-state index contributed by atoms with van der Waals surface area (Å²) in [4.78, 5) is 15.9. The van der Waals surface area contributed by atoms with E-state index in [0.717, 1.165) is 88.0 Å². The van der Waals surface area contributed by atoms with E-state index >= 15 is 0 Å². The zero-order valence-corrected chi connectivity index (χ0v) is 26.3. The molecule has 1 spiro atoms. The van der Waals surface area contributed by atoms with E-state index in [1.54, 1.807) is 6.07 Å². The van der Waals surface area contributed by atoms with Gasteiger partial charge in [0, 0.05) is 29.1 Å². The summed E-state index contributed by atoms with van der Waals surface area (Å²) in [5.74, 6) is 0.720. The number of benzene rings is 2. The number of carbonyl (C=O) groups is 1. The number of halogens is 1. The molecule has 0 aromatic heterocycles. The molecule has 7 nitrogen and oxygen atoms in total. The Morgan fingerprint density at radius 3 is 2.63 bits per heavy atom. The van der Waals surface area contributed by atoms with E-state index in [0.29, 0.717) is 36.7 Å². The van der Waals surface area contributed by atoms with E-state index < -0.39 is 21.2 Å². The Hall–Kier alpha value is -2.29. The lowest BCUT2D eigenvalue weighted by atomic mass is 9.68. The van der Waals surface area contributed by atoms with Gasteiger partial charge in [-0.2, -0.15) is 0 Å². The van der Waals surface area contributed by atoms with Gasteiger partial charge in [-0.25, -0.2) is 13.1 Å². The molecule has 1 amide bonds. The van der Waals surface area contributed by atoms with Crippen LogP contribution < -0.4 is 14.4 Å². The number of nitrogens with zero attached hydrogens (tertiary/aromatic N) is 1. The third-order valence-electron chi connectivity index (χ3n) is 11.3. The van der Waals surface area contributed by atoms with Crippen molar-refractivity contribution in [3.63, 3.8) is 0 Å². The minimum absolute atomic E-state index is 0.0109. The summed E-state index contributed by atoms with van der Waals surface area (Å²) in [7, 11) is -3.85. The lowest BCUT2D eigenvalue weighted by Crippen LogP contribution is -2.49. The van der Waals surface area contributed by atoms with Crippen LogP contribution in [0.1, 0.15) is 92.1 Å². The van der Waals surface area contributed by atoms with Crippen molar-refractivity contribution in [3.05, 3.63) is 58.1 Å². The van der Waals surface area contributed by atoms with Crippen LogP contribution in [0, 0.1) is 17.8 Å². The number of carbonyl (C=O) groups excluding carboxylic acids is 1. The number of aryl methyl sites for hydroxylation is 1. The van der Waals surface area contributed by atoms with Crippen LogP contribution >= 0.6 is 11.6 Å². The van der Waals surface area contributed by atoms with E-state index in [1.165, 1.54) is 11.1 Å². The molecule has 0 saturated heterocycles. The highest BCUT2D eigenvalue weighted by Crippen LogP contribution is 2.47. The molecule has 7 rings (SSSR count). The van der Waals surface area contributed by atoms with Crippen molar-refractivity contribution in [2.45, 2.75) is 93.8 Å². The summed E-state index contributed by atoms with van der Waals surface area (Å²) in [6.45, 7) is 2.00. The molecule has 0 radical (unpaired) electrons. The van der Waals surface area contributed by atoms with Crippen LogP contribution in [-0.4, -0.2) is 50.5 Å². The van der Waals surface area contributed by atoms with E-state index in [2.05, 4.69) is 21.8 Å². The highest BCUT2D eigenvalue weighted by molar-refractivity contribution is 7.90. The molecule has 43 heavy (non-hydrogen) atoms. The van der Waals surface area contributed by atoms with Crippen molar-refractivity contribution in [2.75, 3.05) is 24.6 Å². The fraction of sp³-hybridized carbons (Fsp3) is 0.618. The Morgan fingerprint density at radius 1 is 0.953 bits per heavy atom. The van der Waals surface area contributed by atoms with Crippen LogP contribution in [0.4, 0.5) is 5.69 Å². The van der Waals surface area contributed by atoms with Crippen molar-refractivity contribution in [1.82, 2.24) is 4.72 Å². The van der Waals surface area contributed by atoms with Gasteiger partial charge in [-0.05, 0) is 117 Å². The number of rotatable bonds is 0. The minimum Gasteiger partial charge on any atom is -0.490 e. The predicted octanol–water partition coefficient (Wildman–Crippen LogP) is 6.00. The van der Waals surface area contributed by atoms with Gasteiger partial charge in [-0.1, -0.05) is 36.9 Å². The quantitative estimate of drug-likeness (QED) is 0.372. The lowest BCUT2D eigenvalue weighted by Gasteiger charge is -2.46. The minimum atomic E-state index is -3.85. The molecule has 2 fully saturated rings. The number of aliphatic hydroxyl groups is 1. The molecule has 6 atom stereocenters. The fourth-order valence-corrected chi connectivity index (χ4v) is 10.8. The van der Waals surface area contributed by atoms with Crippen LogP contribution in [0.5, 0.6) is 5.75 Å². The number of aliphatic hydroxyl groups excluding tert-OH is 1. The molecule has 9 heteroatoms. The Bertz CT molecular complexity index is 1500. The van der Waals surface area contributed by atoms with E-state index in [1.807, 2.05) is 18.2 Å². The lowest BCUT2D eigenvalue weighted by molar-refractivity contribution is 0.00827. The summed E-state index contributed by atoms with van der Waals surface area (Å²) in [5.41, 5.74) is 3.46. The van der Waals surface area contributed by atoms with Crippen LogP contribution in [-0.2, 0) is 21.9 Å². The van der Waals surface area contributed by atoms with Crippen molar-refractivity contribution < 1.29 is 23.1 Å². The van der Waals surface area contributed by atoms with Gasteiger partial charge >= 0.3 is 0 Å². The molecule has 2 aromatic rings. The second-order valence-electron chi connectivity index (χ2n) is 13.8. The number of ether oxygens (including phenoxy) is 1. The smallest absolute Gasteiger partial charge is 0.264 e. The van der Waals surface area contributed by atoms with Gasteiger partial charge in [0.2, 0.25) is 10.0 Å². The van der Waals surface area contributed by atoms with Gasteiger partial charge in [0.1, 0.15) is 5.75 Å². The van der Waals surface area contributed by atoms with Gasteiger partial charge < -0.3 is 14.7 Å². The molecular formula is C34H43ClN2O5S. The molecule has 2 saturated carbocycles. The van der Waals surface area contributed by atoms with Crippen LogP contribution in [0.25, 0.3) is 0 Å². The largest absolute Gasteiger partial charge is 0.490 e. The molecule has 2 heterocycles. The average molecular weight is 627 g/mol. The standard InChI is InChI=1S/C34H43ClN2O5S/c35-26-12-14-28-23(17-26)7-4-16-34(28)20-37-19-25-10-13-27(25)30(38)8-3-6-22-5-1-2-9-32(22)43(40,41)36-33(39)24-11-15-31(42-21-34)29(37)18-24/h11-12,14-15,17-18,22,25,27,30,32,38H,1-10,13,16,19-21H2,(H,36,39)/t22-,25+,27-,30+,32+,34+/m1/s1. The van der Waals surface area contributed by atoms with Crippen LogP contribution in [0.15, 0.2) is 36.4 Å². The van der Waals surface area contributed by atoms with Gasteiger partial charge in [0.25, 0.3) is 5.91 Å². The van der Waals surface area contributed by atoms with E-state index in [4.69, 9.17) is 16.3 Å². The molecule has 2 bridgehead atoms. The zero-order chi connectivity index (χ0) is 29.8. The predicted molar refractivity (Wildman–Crippen MR) is 168 cm³/mol. The molecule has 2 aliphatic heterocycles. The second kappa shape index (κ2) is 11.6. The monoisotopic (exact) mass is 626 g/mol. The molecule has 5 aliphatic rings. The van der Waals surface area contributed by atoms with Crippen molar-refractivity contribution in [2.24, 2.45) is 17.8 Å². The maximum atomic E-state index is 13.6. The molecule has 0 unspecified atom stereocenters. The molecule has 2 aromatic carbocycles. The van der Waals surface area contributed by atoms with Gasteiger partial charge in [0.15, 0.2) is 0 Å². The SMILES string of the molecule is O=C1NS(=O)(=O)[C@H]2CCCC[C@@H]2CCC[C@H](O)[C@@H]2CC[C@H]2CN2C[C@@]3(CCCc4cc(Cl)ccc43)COc3ccc1cc32. The third-order valence-corrected chi connectivity index (χ3v) is 13.4. The number of anilines is 1. The van der Waals surface area contributed by atoms with Crippen molar-refractivity contribution in [3.8, 4) is 5.75 Å². The Labute approximate surface area is 260 Å². The van der Waals surface area contributed by atoms with Crippen molar-refractivity contribution >= 4 is 33.2 Å². The number of nitrogens with one attached hydrogen (secondary N) is 1. The Kier molecular flexibility index (Phi) is 7.92. The summed E-state index contributed by atoms with van der Waals surface area (Å²) in [5, 5.41) is 11.5. The second-order valence-corrected chi connectivity index (χ2v) is 16.2. The number of amides is 1. The molecule has 232 valence electrons. The first-order chi connectivity index (χ1) is 20.7. The first-order valence-electron chi connectivity index (χ1n) is 16.3. The van der Waals surface area contributed by atoms with Gasteiger partial charge in [-0.3, -0.25) is 4.79 Å². The molecule has 2 N–H and O–H groups in total.